The number of piperazine rings is 1. The van der Waals surface area contributed by atoms with Gasteiger partial charge in [0.25, 0.3) is 11.5 Å². The van der Waals surface area contributed by atoms with Crippen LogP contribution in [0.5, 0.6) is 0 Å². The summed E-state index contributed by atoms with van der Waals surface area (Å²) in [5.74, 6) is -0.304. The summed E-state index contributed by atoms with van der Waals surface area (Å²) in [6.45, 7) is 8.49. The van der Waals surface area contributed by atoms with Crippen molar-refractivity contribution in [2.75, 3.05) is 49.6 Å². The van der Waals surface area contributed by atoms with E-state index in [1.807, 2.05) is 0 Å². The number of amides is 1. The molecule has 0 saturated carbocycles. The van der Waals surface area contributed by atoms with Crippen molar-refractivity contribution in [1.82, 2.24) is 24.6 Å². The van der Waals surface area contributed by atoms with Crippen molar-refractivity contribution in [2.45, 2.75) is 64.2 Å². The minimum absolute atomic E-state index is 0.112. The molecule has 1 amide bonds. The quantitative estimate of drug-likeness (QED) is 0.111. The number of alkyl halides is 6. The van der Waals surface area contributed by atoms with E-state index in [0.29, 0.717) is 23.7 Å². The molecule has 19 heteroatoms. The van der Waals surface area contributed by atoms with Crippen LogP contribution < -0.4 is 15.8 Å². The van der Waals surface area contributed by atoms with Gasteiger partial charge in [-0.15, -0.1) is 0 Å². The van der Waals surface area contributed by atoms with Crippen LogP contribution >= 0.6 is 0 Å². The summed E-state index contributed by atoms with van der Waals surface area (Å²) in [6.07, 6.45) is -5.77. The summed E-state index contributed by atoms with van der Waals surface area (Å²) in [5, 5.41) is 10.1. The van der Waals surface area contributed by atoms with E-state index in [9.17, 15) is 35.9 Å². The lowest BCUT2D eigenvalue weighted by Crippen LogP contribution is -2.50. The van der Waals surface area contributed by atoms with Crippen molar-refractivity contribution in [3.05, 3.63) is 40.1 Å². The molecule has 3 rings (SSSR count). The number of carbonyl (C=O) groups excluding carboxylic acids is 1. The highest BCUT2D eigenvalue weighted by molar-refractivity contribution is 6.76. The molecule has 3 heterocycles. The number of rotatable bonds is 13. The molecule has 1 saturated heterocycles. The van der Waals surface area contributed by atoms with Gasteiger partial charge in [-0.25, -0.2) is 14.6 Å². The Bertz CT molecular complexity index is 1360. The fourth-order valence-corrected chi connectivity index (χ4v) is 4.78. The first kappa shape index (κ1) is 35.7. The molecule has 0 unspecified atom stereocenters. The van der Waals surface area contributed by atoms with E-state index in [4.69, 9.17) is 9.57 Å². The van der Waals surface area contributed by atoms with Crippen LogP contribution in [-0.2, 0) is 33.5 Å². The summed E-state index contributed by atoms with van der Waals surface area (Å²) >= 11 is 0. The molecule has 0 radical (unpaired) electrons. The van der Waals surface area contributed by atoms with Crippen molar-refractivity contribution in [2.24, 2.45) is 5.16 Å². The molecule has 1 aliphatic rings. The van der Waals surface area contributed by atoms with E-state index in [-0.39, 0.29) is 38.5 Å². The third-order valence-corrected chi connectivity index (χ3v) is 8.41. The Balaban J connectivity index is 1.52. The normalized spacial score (nSPS) is 15.4. The van der Waals surface area contributed by atoms with Gasteiger partial charge in [-0.2, -0.15) is 31.4 Å². The first-order valence-corrected chi connectivity index (χ1v) is 17.8. The molecule has 250 valence electrons. The SMILES string of the molecule is CC[C@@H](/C=N/OCC(=O)N1CCN(c2ncc(C(F)(F)F)cn2)CC1)Nc1cnn(COCC[Si](C)(C)C)c(=O)c1C(F)(F)F. The number of hydrogen-bond donors (Lipinski definition) is 1. The van der Waals surface area contributed by atoms with Gasteiger partial charge in [-0.05, 0) is 12.5 Å². The van der Waals surface area contributed by atoms with Gasteiger partial charge in [0, 0.05) is 53.3 Å². The van der Waals surface area contributed by atoms with Gasteiger partial charge in [0.15, 0.2) is 6.61 Å². The molecule has 1 fully saturated rings. The van der Waals surface area contributed by atoms with Crippen molar-refractivity contribution in [3.8, 4) is 0 Å². The standard InChI is InChI=1S/C26H36F6N8O4Si/c1-5-19(37-20-15-35-40(17-43-10-11-45(2,3)4)23(42)22(20)26(30,31)32)14-36-44-16-21(41)38-6-8-39(9-7-38)24-33-12-18(13-34-24)25(27,28)29/h12-15,19,37H,5-11,16-17H2,1-4H3/b36-14+/t19-/m0/s1. The van der Waals surface area contributed by atoms with Crippen LogP contribution in [0.4, 0.5) is 38.0 Å². The lowest BCUT2D eigenvalue weighted by molar-refractivity contribution is -0.139. The zero-order chi connectivity index (χ0) is 33.4. The molecule has 2 aromatic heterocycles. The Kier molecular flexibility index (Phi) is 11.9. The third kappa shape index (κ3) is 10.7. The number of aromatic nitrogens is 4. The van der Waals surface area contributed by atoms with E-state index < -0.39 is 68.1 Å². The van der Waals surface area contributed by atoms with Gasteiger partial charge in [0.2, 0.25) is 5.95 Å². The number of halogens is 6. The smallest absolute Gasteiger partial charge is 0.386 e. The van der Waals surface area contributed by atoms with Crippen LogP contribution in [0, 0.1) is 0 Å². The molecule has 1 aliphatic heterocycles. The van der Waals surface area contributed by atoms with E-state index in [0.717, 1.165) is 12.2 Å². The Morgan fingerprint density at radius 1 is 1.07 bits per heavy atom. The van der Waals surface area contributed by atoms with Crippen molar-refractivity contribution in [3.63, 3.8) is 0 Å². The molecule has 0 bridgehead atoms. The van der Waals surface area contributed by atoms with E-state index >= 15 is 0 Å². The number of ether oxygens (including phenoxy) is 1. The van der Waals surface area contributed by atoms with Crippen molar-refractivity contribution < 1.29 is 40.7 Å². The predicted octanol–water partition coefficient (Wildman–Crippen LogP) is 3.92. The molecule has 1 atom stereocenters. The maximum Gasteiger partial charge on any atom is 0.423 e. The highest BCUT2D eigenvalue weighted by Crippen LogP contribution is 2.32. The predicted molar refractivity (Wildman–Crippen MR) is 156 cm³/mol. The maximum absolute atomic E-state index is 13.9. The number of nitrogens with zero attached hydrogens (tertiary/aromatic N) is 7. The van der Waals surface area contributed by atoms with E-state index in [1.165, 1.54) is 11.1 Å². The fraction of sp³-hybridized carbons (Fsp3) is 0.615. The number of hydrogen-bond acceptors (Lipinski definition) is 10. The Hall–Kier alpha value is -3.74. The maximum atomic E-state index is 13.9. The summed E-state index contributed by atoms with van der Waals surface area (Å²) < 4.78 is 85.8. The van der Waals surface area contributed by atoms with Crippen LogP contribution in [0.1, 0.15) is 24.5 Å². The average Bonchev–Trinajstić information content (AvgIpc) is 2.96. The molecule has 1 N–H and O–H groups in total. The summed E-state index contributed by atoms with van der Waals surface area (Å²) in [4.78, 5) is 40.9. The number of oxime groups is 1. The van der Waals surface area contributed by atoms with Gasteiger partial charge < -0.3 is 24.7 Å². The summed E-state index contributed by atoms with van der Waals surface area (Å²) in [5.41, 5.74) is -4.26. The molecular weight excluding hydrogens is 630 g/mol. The second kappa shape index (κ2) is 15.0. The highest BCUT2D eigenvalue weighted by Gasteiger charge is 2.38. The first-order valence-electron chi connectivity index (χ1n) is 14.1. The van der Waals surface area contributed by atoms with Crippen LogP contribution in [-0.4, -0.2) is 90.3 Å². The van der Waals surface area contributed by atoms with Crippen LogP contribution in [0.3, 0.4) is 0 Å². The molecule has 0 aromatic carbocycles. The zero-order valence-corrected chi connectivity index (χ0v) is 26.3. The monoisotopic (exact) mass is 666 g/mol. The molecule has 2 aromatic rings. The minimum atomic E-state index is -4.97. The van der Waals surface area contributed by atoms with Gasteiger partial charge in [0.05, 0.1) is 29.7 Å². The second-order valence-electron chi connectivity index (χ2n) is 11.4. The molecule has 0 spiro atoms. The van der Waals surface area contributed by atoms with Crippen molar-refractivity contribution in [1.29, 1.82) is 0 Å². The second-order valence-corrected chi connectivity index (χ2v) is 17.0. The topological polar surface area (TPSA) is 127 Å². The lowest BCUT2D eigenvalue weighted by Gasteiger charge is -2.34. The molecule has 12 nitrogen and oxygen atoms in total. The van der Waals surface area contributed by atoms with E-state index in [2.05, 4.69) is 45.2 Å². The lowest BCUT2D eigenvalue weighted by atomic mass is 10.2. The number of anilines is 2. The van der Waals surface area contributed by atoms with E-state index in [1.54, 1.807) is 11.8 Å². The molecule has 45 heavy (non-hydrogen) atoms. The van der Waals surface area contributed by atoms with Gasteiger partial charge in [0.1, 0.15) is 12.3 Å². The third-order valence-electron chi connectivity index (χ3n) is 6.70. The van der Waals surface area contributed by atoms with Gasteiger partial charge >= 0.3 is 12.4 Å². The fourth-order valence-electron chi connectivity index (χ4n) is 4.02. The van der Waals surface area contributed by atoms with Crippen LogP contribution in [0.25, 0.3) is 0 Å². The summed E-state index contributed by atoms with van der Waals surface area (Å²) in [6, 6.07) is -0.0186. The molecule has 0 aliphatic carbocycles. The Morgan fingerprint density at radius 2 is 1.71 bits per heavy atom. The Morgan fingerprint density at radius 3 is 2.27 bits per heavy atom. The largest absolute Gasteiger partial charge is 0.423 e. The summed E-state index contributed by atoms with van der Waals surface area (Å²) in [7, 11) is -1.43. The molecular formula is C26H36F6N8O4Si. The minimum Gasteiger partial charge on any atom is -0.386 e. The van der Waals surface area contributed by atoms with Crippen LogP contribution in [0.2, 0.25) is 25.7 Å². The number of nitrogens with one attached hydrogen (secondary N) is 1. The van der Waals surface area contributed by atoms with Gasteiger partial charge in [-0.3, -0.25) is 9.59 Å². The van der Waals surface area contributed by atoms with Gasteiger partial charge in [-0.1, -0.05) is 31.7 Å². The highest BCUT2D eigenvalue weighted by atomic mass is 28.3. The zero-order valence-electron chi connectivity index (χ0n) is 25.3. The average molecular weight is 667 g/mol. The van der Waals surface area contributed by atoms with Crippen LogP contribution in [0.15, 0.2) is 28.5 Å². The first-order chi connectivity index (χ1) is 21.0. The number of carbonyl (C=O) groups is 1. The Labute approximate surface area is 256 Å². The van der Waals surface area contributed by atoms with Crippen molar-refractivity contribution >= 4 is 31.8 Å².